The van der Waals surface area contributed by atoms with Gasteiger partial charge in [0.25, 0.3) is 0 Å². The van der Waals surface area contributed by atoms with E-state index in [1.54, 1.807) is 54.5 Å². The average Bonchev–Trinajstić information content (AvgIpc) is 4.23. The molecule has 1 saturated carbocycles. The number of halogens is 2. The van der Waals surface area contributed by atoms with Crippen molar-refractivity contribution in [3.63, 3.8) is 0 Å². The van der Waals surface area contributed by atoms with Gasteiger partial charge in [0.1, 0.15) is 41.1 Å². The molecular formula is C55H88ClFN4O16. The van der Waals surface area contributed by atoms with Crippen LogP contribution in [0.3, 0.4) is 0 Å². The number of nitrogens with zero attached hydrogens (tertiary/aromatic N) is 3. The van der Waals surface area contributed by atoms with Gasteiger partial charge in [-0.1, -0.05) is 27.7 Å². The van der Waals surface area contributed by atoms with Gasteiger partial charge in [0.15, 0.2) is 12.6 Å². The Hall–Kier alpha value is -3.42. The van der Waals surface area contributed by atoms with E-state index in [4.69, 9.17) is 33.2 Å². The first-order valence-electron chi connectivity index (χ1n) is 27.0. The predicted octanol–water partition coefficient (Wildman–Crippen LogP) is 4.44. The van der Waals surface area contributed by atoms with Gasteiger partial charge in [-0.15, -0.1) is 12.4 Å². The number of pyridine rings is 1. The number of fused-ring (bicyclic) bond motifs is 1. The normalized spacial score (nSPS) is 38.8. The molecule has 0 amide bonds. The number of carbonyl (C=O) groups excluding carboxylic acids is 2. The average molecular weight is 1120 g/mol. The number of piperazine rings is 1. The van der Waals surface area contributed by atoms with Crippen LogP contribution in [0.4, 0.5) is 10.1 Å². The van der Waals surface area contributed by atoms with E-state index < -0.39 is 119 Å². The highest BCUT2D eigenvalue weighted by Crippen LogP contribution is 2.43. The number of Topliss-reactive ketones (excluding diaryl/α,β-unsaturated/α-hetero) is 1. The summed E-state index contributed by atoms with van der Waals surface area (Å²) in [6, 6.07) is 2.79. The summed E-state index contributed by atoms with van der Waals surface area (Å²) in [5.41, 5.74) is -4.08. The molecule has 4 saturated heterocycles. The lowest BCUT2D eigenvalue weighted by atomic mass is 9.74. The van der Waals surface area contributed by atoms with E-state index in [9.17, 15) is 49.1 Å². The van der Waals surface area contributed by atoms with E-state index >= 15 is 0 Å². The minimum atomic E-state index is -1.96. The predicted molar refractivity (Wildman–Crippen MR) is 287 cm³/mol. The second kappa shape index (κ2) is 26.0. The molecular weight excluding hydrogens is 1030 g/mol. The Morgan fingerprint density at radius 2 is 1.52 bits per heavy atom. The molecule has 77 heavy (non-hydrogen) atoms. The largest absolute Gasteiger partial charge is 0.477 e. The number of likely N-dealkylation sites (N-methyl/N-ethyl adjacent to an activating group) is 1. The van der Waals surface area contributed by atoms with Crippen molar-refractivity contribution in [3.05, 3.63) is 39.9 Å². The summed E-state index contributed by atoms with van der Waals surface area (Å²) in [5, 5.41) is 58.2. The molecule has 20 nitrogen and oxygen atoms in total. The number of carboxylic acid groups (broad SMARTS) is 1. The zero-order valence-electron chi connectivity index (χ0n) is 47.4. The van der Waals surface area contributed by atoms with Crippen LogP contribution in [0.2, 0.25) is 0 Å². The highest BCUT2D eigenvalue weighted by Gasteiger charge is 2.54. The number of aromatic carboxylic acids is 1. The number of benzene rings is 1. The minimum Gasteiger partial charge on any atom is -0.477 e. The number of methoxy groups -OCH3 is 2. The zero-order valence-corrected chi connectivity index (χ0v) is 48.2. The van der Waals surface area contributed by atoms with Crippen LogP contribution in [0.15, 0.2) is 23.1 Å². The second-order valence-corrected chi connectivity index (χ2v) is 23.0. The number of anilines is 1. The number of aliphatic hydroxyl groups is 4. The molecule has 0 bridgehead atoms. The maximum atomic E-state index is 14.6. The van der Waals surface area contributed by atoms with Crippen LogP contribution in [0, 0.1) is 29.5 Å². The molecule has 438 valence electrons. The van der Waals surface area contributed by atoms with Crippen molar-refractivity contribution in [2.75, 3.05) is 59.4 Å². The highest BCUT2D eigenvalue weighted by atomic mass is 35.5. The van der Waals surface area contributed by atoms with Gasteiger partial charge < -0.3 is 78.4 Å². The Labute approximate surface area is 458 Å². The van der Waals surface area contributed by atoms with Crippen molar-refractivity contribution in [3.8, 4) is 0 Å². The van der Waals surface area contributed by atoms with Crippen LogP contribution < -0.4 is 15.6 Å². The molecule has 0 unspecified atom stereocenters. The lowest BCUT2D eigenvalue weighted by Crippen LogP contribution is -2.61. The number of nitrogens with one attached hydrogen (secondary N) is 1. The number of aliphatic hydroxyl groups excluding tert-OH is 3. The van der Waals surface area contributed by atoms with Gasteiger partial charge in [-0.2, -0.15) is 0 Å². The third-order valence-electron chi connectivity index (χ3n) is 17.0. The van der Waals surface area contributed by atoms with Gasteiger partial charge in [0.2, 0.25) is 5.43 Å². The Bertz CT molecular complexity index is 2410. The van der Waals surface area contributed by atoms with E-state index in [1.165, 1.54) is 33.4 Å². The summed E-state index contributed by atoms with van der Waals surface area (Å²) in [7, 11) is 6.77. The quantitative estimate of drug-likeness (QED) is 0.170. The van der Waals surface area contributed by atoms with Crippen LogP contribution in [-0.4, -0.2) is 191 Å². The minimum absolute atomic E-state index is 0. The van der Waals surface area contributed by atoms with Crippen LogP contribution >= 0.6 is 12.4 Å². The maximum Gasteiger partial charge on any atom is 0.341 e. The van der Waals surface area contributed by atoms with Gasteiger partial charge in [-0.3, -0.25) is 14.4 Å². The highest BCUT2D eigenvalue weighted by molar-refractivity contribution is 5.93. The third-order valence-corrected chi connectivity index (χ3v) is 17.0. The first-order chi connectivity index (χ1) is 35.5. The molecule has 5 aliphatic rings. The molecule has 1 aromatic carbocycles. The molecule has 1 aromatic heterocycles. The van der Waals surface area contributed by atoms with E-state index in [2.05, 4.69) is 5.32 Å². The molecule has 1 aliphatic carbocycles. The number of cyclic esters (lactones) is 1. The first kappa shape index (κ1) is 64.4. The Morgan fingerprint density at radius 3 is 2.08 bits per heavy atom. The smallest absolute Gasteiger partial charge is 0.341 e. The lowest BCUT2D eigenvalue weighted by molar-refractivity contribution is -0.319. The molecule has 5 heterocycles. The SMILES string of the molecule is CC[C@H]1OC(=O)[C@H](C)[C@@H](O[C@H]2C[C@@](C)(OC)[C@@H](O)[C@H](C)O2)[C@H](C)[C@@H](O[C@@H]2O[C@H](C)C[C@H](N(C)C)[C@H]2O)[C@](C)(OC)C[C@@H](C)C(=O)[C@H](C)[C@@H](O)[C@]1(C)O.Cl.O=C(O)c1cn(C2CC2)c2cc(N3CCNCC3)c(F)cc2c1=O. The number of hydrogen-bond acceptors (Lipinski definition) is 18. The van der Waals surface area contributed by atoms with Crippen molar-refractivity contribution in [2.45, 2.75) is 198 Å². The summed E-state index contributed by atoms with van der Waals surface area (Å²) < 4.78 is 60.3. The second-order valence-electron chi connectivity index (χ2n) is 23.0. The Kier molecular flexibility index (Phi) is 21.8. The summed E-state index contributed by atoms with van der Waals surface area (Å²) in [6.45, 7) is 20.0. The number of carbonyl (C=O) groups is 3. The van der Waals surface area contributed by atoms with Crippen LogP contribution in [0.5, 0.6) is 0 Å². The number of hydrogen-bond donors (Lipinski definition) is 6. The van der Waals surface area contributed by atoms with E-state index in [0.717, 1.165) is 25.9 Å². The fourth-order valence-electron chi connectivity index (χ4n) is 11.9. The molecule has 4 aliphatic heterocycles. The summed E-state index contributed by atoms with van der Waals surface area (Å²) >= 11 is 0. The standard InChI is InChI=1S/C38H69NO13.C17H18FN3O3.ClH/c1-15-26-38(10,45)31(42)21(4)28(40)19(2)17-37(9,47-14)33(52-35-29(41)25(39(11)12)16-20(3)48-35)22(5)30(23(6)34(44)50-26)51-27-18-36(8,46-13)32(43)24(7)49-27;18-13-7-11-14(8-15(13)20-5-3-19-4-6-20)21(10-1-2-10)9-12(16(11)22)17(23)24;/h19-27,29-33,35,41-43,45H,15-18H2,1-14H3;7-10,19H,1-6H2,(H,23,24);1H/t19-,20-,21+,22+,23-,24+,25+,26-,27+,29-,30+,31-,32+,33-,35+,36-,37-,38-;;/m1../s1. The molecule has 2 aromatic rings. The topological polar surface area (TPSA) is 257 Å². The Morgan fingerprint density at radius 1 is 0.896 bits per heavy atom. The van der Waals surface area contributed by atoms with Crippen molar-refractivity contribution in [2.24, 2.45) is 23.7 Å². The van der Waals surface area contributed by atoms with Gasteiger partial charge in [0, 0.05) is 88.2 Å². The number of aromatic nitrogens is 1. The van der Waals surface area contributed by atoms with E-state index in [-0.39, 0.29) is 66.6 Å². The van der Waals surface area contributed by atoms with Crippen LogP contribution in [0.1, 0.15) is 124 Å². The van der Waals surface area contributed by atoms with Gasteiger partial charge in [-0.25, -0.2) is 9.18 Å². The van der Waals surface area contributed by atoms with E-state index in [1.807, 2.05) is 42.3 Å². The number of ketones is 1. The van der Waals surface area contributed by atoms with E-state index in [0.29, 0.717) is 30.7 Å². The molecule has 18 atom stereocenters. The fourth-order valence-corrected chi connectivity index (χ4v) is 11.9. The molecule has 22 heteroatoms. The van der Waals surface area contributed by atoms with Crippen LogP contribution in [-0.2, 0) is 42.7 Å². The summed E-state index contributed by atoms with van der Waals surface area (Å²) in [6.07, 6.45) is -5.44. The summed E-state index contributed by atoms with van der Waals surface area (Å²) in [4.78, 5) is 55.8. The third kappa shape index (κ3) is 13.8. The zero-order chi connectivity index (χ0) is 56.5. The molecule has 6 N–H and O–H groups in total. The van der Waals surface area contributed by atoms with Crippen molar-refractivity contribution >= 4 is 46.7 Å². The number of ether oxygens (including phenoxy) is 7. The van der Waals surface area contributed by atoms with Crippen molar-refractivity contribution < 1.29 is 77.5 Å². The number of carboxylic acids is 1. The molecule has 0 spiro atoms. The molecule has 5 fully saturated rings. The molecule has 7 rings (SSSR count). The number of esters is 1. The Balaban J connectivity index is 0.000000360. The van der Waals surface area contributed by atoms with Gasteiger partial charge >= 0.3 is 11.9 Å². The summed E-state index contributed by atoms with van der Waals surface area (Å²) in [5.74, 6) is -6.22. The van der Waals surface area contributed by atoms with Gasteiger partial charge in [0.05, 0.1) is 58.8 Å². The number of rotatable bonds is 11. The fraction of sp³-hybridized carbons (Fsp3) is 0.782. The first-order valence-corrected chi connectivity index (χ1v) is 27.0. The lowest BCUT2D eigenvalue weighted by Gasteiger charge is -2.50. The van der Waals surface area contributed by atoms with Gasteiger partial charge in [-0.05, 0) is 99.9 Å². The van der Waals surface area contributed by atoms with Crippen molar-refractivity contribution in [1.82, 2.24) is 14.8 Å². The molecule has 0 radical (unpaired) electrons. The van der Waals surface area contributed by atoms with Crippen LogP contribution in [0.25, 0.3) is 10.9 Å². The van der Waals surface area contributed by atoms with Crippen molar-refractivity contribution in [1.29, 1.82) is 0 Å². The maximum absolute atomic E-state index is 14.6. The monoisotopic (exact) mass is 1110 g/mol.